The second-order valence-corrected chi connectivity index (χ2v) is 3.28. The molecule has 1 aromatic heterocycles. The van der Waals surface area contributed by atoms with E-state index in [2.05, 4.69) is 10.3 Å². The van der Waals surface area contributed by atoms with Crippen molar-refractivity contribution in [1.29, 1.82) is 0 Å². The highest BCUT2D eigenvalue weighted by molar-refractivity contribution is 5.97. The molecule has 0 bridgehead atoms. The zero-order valence-electron chi connectivity index (χ0n) is 8.49. The number of fused-ring (bicyclic) bond motifs is 1. The molecule has 0 aliphatic heterocycles. The van der Waals surface area contributed by atoms with Gasteiger partial charge in [-0.05, 0) is 18.2 Å². The molecule has 0 amide bonds. The molecule has 1 heterocycles. The normalized spacial score (nSPS) is 10.4. The topological polar surface area (TPSA) is 62.2 Å². The Morgan fingerprint density at radius 3 is 2.81 bits per heavy atom. The van der Waals surface area contributed by atoms with Gasteiger partial charge in [-0.15, -0.1) is 0 Å². The van der Waals surface area contributed by atoms with Crippen LogP contribution in [0.2, 0.25) is 0 Å². The van der Waals surface area contributed by atoms with Crippen LogP contribution in [0, 0.1) is 5.82 Å². The number of carboxylic acids is 1. The molecule has 0 saturated carbocycles. The number of rotatable bonds is 2. The smallest absolute Gasteiger partial charge is 0.339 e. The van der Waals surface area contributed by atoms with Crippen LogP contribution in [0.5, 0.6) is 0 Å². The number of hydrogen-bond donors (Lipinski definition) is 2. The average molecular weight is 220 g/mol. The molecule has 5 heteroatoms. The van der Waals surface area contributed by atoms with E-state index >= 15 is 0 Å². The molecule has 0 aliphatic carbocycles. The van der Waals surface area contributed by atoms with Crippen LogP contribution in [-0.4, -0.2) is 23.1 Å². The van der Waals surface area contributed by atoms with Crippen LogP contribution in [0.1, 0.15) is 10.4 Å². The number of aromatic nitrogens is 1. The predicted molar refractivity (Wildman–Crippen MR) is 58.2 cm³/mol. The molecule has 0 fully saturated rings. The van der Waals surface area contributed by atoms with E-state index in [1.54, 1.807) is 7.05 Å². The number of hydrogen-bond acceptors (Lipinski definition) is 3. The average Bonchev–Trinajstić information content (AvgIpc) is 2.26. The van der Waals surface area contributed by atoms with E-state index in [4.69, 9.17) is 5.11 Å². The number of carboxylic acid groups (broad SMARTS) is 1. The van der Waals surface area contributed by atoms with Crippen molar-refractivity contribution in [2.45, 2.75) is 0 Å². The molecule has 2 N–H and O–H groups in total. The number of halogens is 1. The SMILES string of the molecule is CNc1nc2cc(F)ccc2cc1C(=O)O. The van der Waals surface area contributed by atoms with Gasteiger partial charge in [0.1, 0.15) is 17.2 Å². The van der Waals surface area contributed by atoms with Crippen LogP contribution in [0.15, 0.2) is 24.3 Å². The minimum Gasteiger partial charge on any atom is -0.478 e. The fraction of sp³-hybridized carbons (Fsp3) is 0.0909. The lowest BCUT2D eigenvalue weighted by Gasteiger charge is -2.06. The highest BCUT2D eigenvalue weighted by atomic mass is 19.1. The first kappa shape index (κ1) is 10.4. The van der Waals surface area contributed by atoms with E-state index in [1.165, 1.54) is 24.3 Å². The molecule has 0 atom stereocenters. The van der Waals surface area contributed by atoms with E-state index in [0.717, 1.165) is 0 Å². The van der Waals surface area contributed by atoms with Gasteiger partial charge in [0, 0.05) is 18.5 Å². The van der Waals surface area contributed by atoms with Crippen molar-refractivity contribution in [3.63, 3.8) is 0 Å². The van der Waals surface area contributed by atoms with Crippen LogP contribution in [-0.2, 0) is 0 Å². The number of carbonyl (C=O) groups is 1. The van der Waals surface area contributed by atoms with Gasteiger partial charge in [0.05, 0.1) is 5.52 Å². The molecule has 82 valence electrons. The largest absolute Gasteiger partial charge is 0.478 e. The highest BCUT2D eigenvalue weighted by Crippen LogP contribution is 2.20. The van der Waals surface area contributed by atoms with Gasteiger partial charge in [0.25, 0.3) is 0 Å². The molecule has 4 nitrogen and oxygen atoms in total. The molecule has 2 aromatic rings. The van der Waals surface area contributed by atoms with Gasteiger partial charge < -0.3 is 10.4 Å². The molecule has 2 rings (SSSR count). The van der Waals surface area contributed by atoms with E-state index < -0.39 is 11.8 Å². The van der Waals surface area contributed by atoms with Crippen molar-refractivity contribution in [2.75, 3.05) is 12.4 Å². The van der Waals surface area contributed by atoms with Crippen LogP contribution in [0.3, 0.4) is 0 Å². The maximum absolute atomic E-state index is 13.0. The first-order valence-corrected chi connectivity index (χ1v) is 4.63. The van der Waals surface area contributed by atoms with Crippen molar-refractivity contribution in [2.24, 2.45) is 0 Å². The summed E-state index contributed by atoms with van der Waals surface area (Å²) >= 11 is 0. The summed E-state index contributed by atoms with van der Waals surface area (Å²) in [5, 5.41) is 12.2. The second-order valence-electron chi connectivity index (χ2n) is 3.28. The first-order valence-electron chi connectivity index (χ1n) is 4.63. The van der Waals surface area contributed by atoms with Crippen molar-refractivity contribution in [3.05, 3.63) is 35.6 Å². The maximum atomic E-state index is 13.0. The monoisotopic (exact) mass is 220 g/mol. The van der Waals surface area contributed by atoms with Crippen LogP contribution in [0.25, 0.3) is 10.9 Å². The number of anilines is 1. The minimum atomic E-state index is -1.07. The summed E-state index contributed by atoms with van der Waals surface area (Å²) in [6, 6.07) is 5.51. The molecule has 0 spiro atoms. The molecule has 0 unspecified atom stereocenters. The van der Waals surface area contributed by atoms with Gasteiger partial charge in [-0.25, -0.2) is 14.2 Å². The van der Waals surface area contributed by atoms with E-state index in [-0.39, 0.29) is 11.4 Å². The van der Waals surface area contributed by atoms with Gasteiger partial charge in [-0.3, -0.25) is 0 Å². The Kier molecular flexibility index (Phi) is 2.44. The third kappa shape index (κ3) is 1.67. The van der Waals surface area contributed by atoms with Gasteiger partial charge in [-0.2, -0.15) is 0 Å². The Morgan fingerprint density at radius 2 is 2.19 bits per heavy atom. The quantitative estimate of drug-likeness (QED) is 0.813. The van der Waals surface area contributed by atoms with Crippen molar-refractivity contribution < 1.29 is 14.3 Å². The van der Waals surface area contributed by atoms with Crippen LogP contribution in [0.4, 0.5) is 10.2 Å². The van der Waals surface area contributed by atoms with E-state index in [0.29, 0.717) is 10.9 Å². The summed E-state index contributed by atoms with van der Waals surface area (Å²) in [6.07, 6.45) is 0. The van der Waals surface area contributed by atoms with Crippen molar-refractivity contribution >= 4 is 22.7 Å². The van der Waals surface area contributed by atoms with Crippen molar-refractivity contribution in [1.82, 2.24) is 4.98 Å². The summed E-state index contributed by atoms with van der Waals surface area (Å²) in [5.41, 5.74) is 0.496. The first-order chi connectivity index (χ1) is 7.61. The van der Waals surface area contributed by atoms with E-state index in [9.17, 15) is 9.18 Å². The summed E-state index contributed by atoms with van der Waals surface area (Å²) in [6.45, 7) is 0. The Morgan fingerprint density at radius 1 is 1.44 bits per heavy atom. The van der Waals surface area contributed by atoms with Gasteiger partial charge in [-0.1, -0.05) is 0 Å². The fourth-order valence-corrected chi connectivity index (χ4v) is 1.49. The zero-order chi connectivity index (χ0) is 11.7. The lowest BCUT2D eigenvalue weighted by atomic mass is 10.1. The molecular formula is C11H9FN2O2. The zero-order valence-corrected chi connectivity index (χ0v) is 8.49. The minimum absolute atomic E-state index is 0.0709. The second kappa shape index (κ2) is 3.77. The Bertz CT molecular complexity index is 569. The van der Waals surface area contributed by atoms with Crippen LogP contribution < -0.4 is 5.32 Å². The van der Waals surface area contributed by atoms with Crippen molar-refractivity contribution in [3.8, 4) is 0 Å². The lowest BCUT2D eigenvalue weighted by molar-refractivity contribution is 0.0698. The summed E-state index contributed by atoms with van der Waals surface area (Å²) in [4.78, 5) is 15.0. The predicted octanol–water partition coefficient (Wildman–Crippen LogP) is 2.11. The Hall–Kier alpha value is -2.17. The van der Waals surface area contributed by atoms with Gasteiger partial charge >= 0.3 is 5.97 Å². The fourth-order valence-electron chi connectivity index (χ4n) is 1.49. The lowest BCUT2D eigenvalue weighted by Crippen LogP contribution is -2.05. The number of pyridine rings is 1. The molecule has 0 saturated heterocycles. The Balaban J connectivity index is 2.75. The highest BCUT2D eigenvalue weighted by Gasteiger charge is 2.12. The number of nitrogens with one attached hydrogen (secondary N) is 1. The molecule has 16 heavy (non-hydrogen) atoms. The number of nitrogens with zero attached hydrogens (tertiary/aromatic N) is 1. The maximum Gasteiger partial charge on any atom is 0.339 e. The summed E-state index contributed by atoms with van der Waals surface area (Å²) in [5.74, 6) is -1.24. The summed E-state index contributed by atoms with van der Waals surface area (Å²) < 4.78 is 13.0. The molecule has 1 aromatic carbocycles. The van der Waals surface area contributed by atoms with E-state index in [1.807, 2.05) is 0 Å². The Labute approximate surface area is 90.7 Å². The number of aromatic carboxylic acids is 1. The molecule has 0 radical (unpaired) electrons. The van der Waals surface area contributed by atoms with Gasteiger partial charge in [0.2, 0.25) is 0 Å². The molecular weight excluding hydrogens is 211 g/mol. The third-order valence-electron chi connectivity index (χ3n) is 2.25. The standard InChI is InChI=1S/C11H9FN2O2/c1-13-10-8(11(15)16)4-6-2-3-7(12)5-9(6)14-10/h2-5H,1H3,(H,13,14)(H,15,16). The van der Waals surface area contributed by atoms with Gasteiger partial charge in [0.15, 0.2) is 0 Å². The molecule has 0 aliphatic rings. The number of benzene rings is 1. The van der Waals surface area contributed by atoms with Crippen LogP contribution >= 0.6 is 0 Å². The summed E-state index contributed by atoms with van der Waals surface area (Å²) in [7, 11) is 1.57. The third-order valence-corrected chi connectivity index (χ3v) is 2.25.